The molecule has 48 heavy (non-hydrogen) atoms. The van der Waals surface area contributed by atoms with E-state index in [1.165, 1.54) is 13.0 Å². The molecule has 5 atom stereocenters. The van der Waals surface area contributed by atoms with E-state index in [1.807, 2.05) is 20.8 Å². The lowest BCUT2D eigenvalue weighted by atomic mass is 9.99. The molecule has 0 aliphatic carbocycles. The van der Waals surface area contributed by atoms with Gasteiger partial charge in [0.2, 0.25) is 11.8 Å². The number of halogens is 2. The van der Waals surface area contributed by atoms with Crippen molar-refractivity contribution in [1.82, 2.24) is 24.6 Å². The smallest absolute Gasteiger partial charge is 0.459 e. The summed E-state index contributed by atoms with van der Waals surface area (Å²) in [5.74, 6) is -4.07. The maximum absolute atomic E-state index is 16.5. The molecule has 0 bridgehead atoms. The summed E-state index contributed by atoms with van der Waals surface area (Å²) in [4.78, 5) is 25.0. The molecule has 0 amide bonds. The van der Waals surface area contributed by atoms with Crippen LogP contribution in [0.4, 0.5) is 14.7 Å². The number of esters is 1. The van der Waals surface area contributed by atoms with Gasteiger partial charge in [-0.1, -0.05) is 57.2 Å². The molecular formula is C31H41F2N6O8P. The SMILES string of the molecule is CCOc1nc(N)nc2c1ncn2[C@@H](CF)O[C@](F)(COP(=O)(NC(C)C(=O)OCC(C)(C)C)Oc1cccc2ccccc12)[C@H](C)O. The topological polar surface area (TPSA) is 182 Å². The largest absolute Gasteiger partial charge is 0.476 e. The first kappa shape index (κ1) is 36.9. The summed E-state index contributed by atoms with van der Waals surface area (Å²) >= 11 is 0. The third kappa shape index (κ3) is 8.94. The van der Waals surface area contributed by atoms with E-state index >= 15 is 4.39 Å². The number of anilines is 1. The molecule has 2 aromatic carbocycles. The van der Waals surface area contributed by atoms with Gasteiger partial charge in [-0.3, -0.25) is 13.9 Å². The van der Waals surface area contributed by atoms with Crippen molar-refractivity contribution in [3.63, 3.8) is 0 Å². The van der Waals surface area contributed by atoms with Gasteiger partial charge in [-0.2, -0.15) is 15.1 Å². The Morgan fingerprint density at radius 3 is 2.50 bits per heavy atom. The number of nitrogen functional groups attached to an aromatic ring is 1. The molecule has 2 aromatic heterocycles. The van der Waals surface area contributed by atoms with E-state index in [4.69, 9.17) is 29.0 Å². The molecule has 262 valence electrons. The van der Waals surface area contributed by atoms with Crippen molar-refractivity contribution in [2.75, 3.05) is 32.2 Å². The number of nitrogens with one attached hydrogen (secondary N) is 1. The molecule has 0 saturated carbocycles. The second kappa shape index (κ2) is 15.1. The van der Waals surface area contributed by atoms with Crippen molar-refractivity contribution < 1.29 is 46.5 Å². The molecule has 17 heteroatoms. The van der Waals surface area contributed by atoms with Crippen LogP contribution in [-0.4, -0.2) is 75.1 Å². The first-order chi connectivity index (χ1) is 22.6. The maximum Gasteiger partial charge on any atom is 0.459 e. The number of aliphatic hydroxyl groups excluding tert-OH is 1. The summed E-state index contributed by atoms with van der Waals surface area (Å²) in [6.45, 7) is 7.43. The first-order valence-corrected chi connectivity index (χ1v) is 16.7. The molecule has 4 aromatic rings. The Hall–Kier alpha value is -3.95. The highest BCUT2D eigenvalue weighted by atomic mass is 31.2. The lowest BCUT2D eigenvalue weighted by Gasteiger charge is -2.33. The van der Waals surface area contributed by atoms with Crippen LogP contribution < -0.4 is 20.1 Å². The van der Waals surface area contributed by atoms with Gasteiger partial charge in [0.25, 0.3) is 5.85 Å². The van der Waals surface area contributed by atoms with Crippen LogP contribution in [0.5, 0.6) is 11.6 Å². The summed E-state index contributed by atoms with van der Waals surface area (Å²) in [5, 5.41) is 14.3. The number of aliphatic hydroxyl groups is 1. The van der Waals surface area contributed by atoms with Gasteiger partial charge in [0.05, 0.1) is 19.5 Å². The van der Waals surface area contributed by atoms with E-state index in [0.29, 0.717) is 5.39 Å². The Labute approximate surface area is 276 Å². The summed E-state index contributed by atoms with van der Waals surface area (Å²) in [6, 6.07) is 10.8. The molecule has 4 N–H and O–H groups in total. The minimum atomic E-state index is -4.68. The Kier molecular flexibility index (Phi) is 11.6. The number of fused-ring (bicyclic) bond motifs is 2. The number of nitrogens with two attached hydrogens (primary N) is 1. The third-order valence-corrected chi connectivity index (χ3v) is 8.45. The number of aromatic nitrogens is 4. The fourth-order valence-corrected chi connectivity index (χ4v) is 5.89. The summed E-state index contributed by atoms with van der Waals surface area (Å²) < 4.78 is 74.0. The number of benzene rings is 2. The average molecular weight is 695 g/mol. The van der Waals surface area contributed by atoms with Crippen LogP contribution in [0, 0.1) is 5.41 Å². The number of carbonyl (C=O) groups is 1. The van der Waals surface area contributed by atoms with Crippen LogP contribution in [0.1, 0.15) is 47.8 Å². The van der Waals surface area contributed by atoms with Crippen molar-refractivity contribution in [2.45, 2.75) is 65.8 Å². The monoisotopic (exact) mass is 694 g/mol. The normalized spacial score (nSPS) is 16.5. The van der Waals surface area contributed by atoms with Gasteiger partial charge in [0.1, 0.15) is 31.2 Å². The fourth-order valence-electron chi connectivity index (χ4n) is 4.37. The zero-order chi connectivity index (χ0) is 35.3. The fraction of sp³-hybridized carbons (Fsp3) is 0.484. The predicted molar refractivity (Wildman–Crippen MR) is 174 cm³/mol. The van der Waals surface area contributed by atoms with E-state index in [2.05, 4.69) is 20.0 Å². The van der Waals surface area contributed by atoms with Crippen molar-refractivity contribution in [3.8, 4) is 11.6 Å². The van der Waals surface area contributed by atoms with E-state index < -0.39 is 51.2 Å². The van der Waals surface area contributed by atoms with Crippen LogP contribution in [0.3, 0.4) is 0 Å². The predicted octanol–water partition coefficient (Wildman–Crippen LogP) is 5.26. The van der Waals surface area contributed by atoms with E-state index in [0.717, 1.165) is 23.2 Å². The van der Waals surface area contributed by atoms with Gasteiger partial charge >= 0.3 is 13.7 Å². The van der Waals surface area contributed by atoms with E-state index in [1.54, 1.807) is 43.3 Å². The number of rotatable bonds is 16. The summed E-state index contributed by atoms with van der Waals surface area (Å²) in [6.07, 6.45) is -2.60. The van der Waals surface area contributed by atoms with Gasteiger partial charge in [0.15, 0.2) is 17.4 Å². The number of imidazole rings is 1. The summed E-state index contributed by atoms with van der Waals surface area (Å²) in [5.41, 5.74) is 5.52. The number of carbonyl (C=O) groups excluding carboxylic acids is 1. The van der Waals surface area contributed by atoms with E-state index in [-0.39, 0.29) is 47.4 Å². The van der Waals surface area contributed by atoms with Crippen LogP contribution in [0.25, 0.3) is 21.9 Å². The maximum atomic E-state index is 16.5. The highest BCUT2D eigenvalue weighted by Crippen LogP contribution is 2.48. The number of ether oxygens (including phenoxy) is 3. The Balaban J connectivity index is 1.64. The van der Waals surface area contributed by atoms with Gasteiger partial charge in [-0.15, -0.1) is 0 Å². The minimum absolute atomic E-state index is 0.0227. The molecule has 4 rings (SSSR count). The quantitative estimate of drug-likeness (QED) is 0.102. The highest BCUT2D eigenvalue weighted by molar-refractivity contribution is 7.52. The molecule has 2 heterocycles. The van der Waals surface area contributed by atoms with Crippen LogP contribution >= 0.6 is 7.75 Å². The van der Waals surface area contributed by atoms with Crippen LogP contribution in [-0.2, 0) is 23.4 Å². The van der Waals surface area contributed by atoms with E-state index in [9.17, 15) is 18.9 Å². The van der Waals surface area contributed by atoms with Crippen LogP contribution in [0.2, 0.25) is 0 Å². The number of hydrogen-bond acceptors (Lipinski definition) is 12. The second-order valence-corrected chi connectivity index (χ2v) is 13.9. The molecule has 0 aliphatic rings. The van der Waals surface area contributed by atoms with Crippen molar-refractivity contribution in [3.05, 3.63) is 48.8 Å². The zero-order valence-electron chi connectivity index (χ0n) is 27.6. The highest BCUT2D eigenvalue weighted by Gasteiger charge is 2.45. The third-order valence-electron chi connectivity index (χ3n) is 6.84. The Bertz CT molecular complexity index is 1760. The molecule has 0 saturated heterocycles. The lowest BCUT2D eigenvalue weighted by molar-refractivity contribution is -0.259. The molecular weight excluding hydrogens is 653 g/mol. The molecule has 0 radical (unpaired) electrons. The molecule has 0 fully saturated rings. The Morgan fingerprint density at radius 2 is 1.83 bits per heavy atom. The second-order valence-electron chi connectivity index (χ2n) is 12.2. The van der Waals surface area contributed by atoms with Crippen molar-refractivity contribution >= 4 is 41.6 Å². The van der Waals surface area contributed by atoms with Crippen molar-refractivity contribution in [1.29, 1.82) is 0 Å². The molecule has 2 unspecified atom stereocenters. The van der Waals surface area contributed by atoms with Crippen molar-refractivity contribution in [2.24, 2.45) is 5.41 Å². The van der Waals surface area contributed by atoms with Gasteiger partial charge in [-0.05, 0) is 37.6 Å². The standard InChI is InChI=1S/C31H41F2N6O8P/c1-7-43-27-25-26(36-29(34)37-27)39(18-35-25)24(15-32)46-31(33,20(3)40)17-45-48(42,38-19(2)28(41)44-16-30(4,5)6)47-23-14-10-12-21-11-8-9-13-22(21)23/h8-14,18-20,24,40H,7,15-17H2,1-6H3,(H,38,42)(H2,34,36,37)/t19?,20-,24+,31+,48?/m0/s1. The number of hydrogen-bond donors (Lipinski definition) is 3. The first-order valence-electron chi connectivity index (χ1n) is 15.2. The van der Waals surface area contributed by atoms with Gasteiger partial charge in [0, 0.05) is 5.39 Å². The molecule has 0 spiro atoms. The summed E-state index contributed by atoms with van der Waals surface area (Å²) in [7, 11) is -4.68. The number of nitrogens with zero attached hydrogens (tertiary/aromatic N) is 4. The minimum Gasteiger partial charge on any atom is -0.476 e. The number of alkyl halides is 2. The molecule has 14 nitrogen and oxygen atoms in total. The van der Waals surface area contributed by atoms with Gasteiger partial charge in [-0.25, -0.2) is 18.3 Å². The average Bonchev–Trinajstić information content (AvgIpc) is 3.45. The zero-order valence-corrected chi connectivity index (χ0v) is 28.4. The molecule has 0 aliphatic heterocycles. The lowest BCUT2D eigenvalue weighted by Crippen LogP contribution is -2.46. The van der Waals surface area contributed by atoms with Crippen LogP contribution in [0.15, 0.2) is 48.8 Å². The van der Waals surface area contributed by atoms with Gasteiger partial charge < -0.3 is 29.6 Å². The Morgan fingerprint density at radius 1 is 1.12 bits per heavy atom.